The summed E-state index contributed by atoms with van der Waals surface area (Å²) in [5.41, 5.74) is 1.47. The lowest BCUT2D eigenvalue weighted by molar-refractivity contribution is -0.146. The lowest BCUT2D eigenvalue weighted by Gasteiger charge is -2.55. The van der Waals surface area contributed by atoms with Crippen LogP contribution >= 0.6 is 0 Å². The lowest BCUT2D eigenvalue weighted by Crippen LogP contribution is -2.54. The number of carbonyl (C=O) groups excluding carboxylic acids is 2. The van der Waals surface area contributed by atoms with E-state index in [4.69, 9.17) is 4.74 Å². The highest BCUT2D eigenvalue weighted by Crippen LogP contribution is 2.60. The minimum Gasteiger partial charge on any atom is -0.495 e. The van der Waals surface area contributed by atoms with E-state index >= 15 is 0 Å². The topological polar surface area (TPSA) is 67.4 Å². The Morgan fingerprint density at radius 3 is 2.31 bits per heavy atom. The van der Waals surface area contributed by atoms with Gasteiger partial charge in [-0.2, -0.15) is 0 Å². The molecule has 5 nitrogen and oxygen atoms in total. The summed E-state index contributed by atoms with van der Waals surface area (Å²) in [5.74, 6) is 2.65. The molecule has 4 saturated carbocycles. The van der Waals surface area contributed by atoms with Crippen LogP contribution in [0, 0.1) is 30.1 Å². The van der Waals surface area contributed by atoms with Gasteiger partial charge in [0, 0.05) is 5.41 Å². The van der Waals surface area contributed by atoms with Crippen molar-refractivity contribution >= 4 is 17.5 Å². The summed E-state index contributed by atoms with van der Waals surface area (Å²) in [6.45, 7) is 1.97. The Hall–Kier alpha value is -2.04. The Balaban J connectivity index is 1.36. The van der Waals surface area contributed by atoms with Crippen LogP contribution in [0.1, 0.15) is 44.1 Å². The molecule has 0 saturated heterocycles. The molecule has 5 heteroatoms. The molecule has 26 heavy (non-hydrogen) atoms. The smallest absolute Gasteiger partial charge is 0.243 e. The van der Waals surface area contributed by atoms with E-state index in [1.807, 2.05) is 25.1 Å². The van der Waals surface area contributed by atoms with E-state index in [1.165, 1.54) is 19.3 Å². The first kappa shape index (κ1) is 17.4. The Labute approximate surface area is 154 Å². The number of methoxy groups -OCH3 is 1. The van der Waals surface area contributed by atoms with Crippen molar-refractivity contribution in [2.24, 2.45) is 23.2 Å². The fourth-order valence-corrected chi connectivity index (χ4v) is 5.85. The Morgan fingerprint density at radius 2 is 1.73 bits per heavy atom. The number of aryl methyl sites for hydroxylation is 1. The average molecular weight is 356 g/mol. The first-order chi connectivity index (χ1) is 12.5. The van der Waals surface area contributed by atoms with Crippen LogP contribution in [-0.2, 0) is 9.59 Å². The minimum atomic E-state index is -0.216. The van der Waals surface area contributed by atoms with Crippen LogP contribution in [0.15, 0.2) is 18.2 Å². The average Bonchev–Trinajstić information content (AvgIpc) is 2.58. The number of benzene rings is 1. The van der Waals surface area contributed by atoms with E-state index in [0.717, 1.165) is 42.6 Å². The molecule has 5 rings (SSSR count). The number of hydrogen-bond acceptors (Lipinski definition) is 3. The van der Waals surface area contributed by atoms with Gasteiger partial charge in [0.15, 0.2) is 0 Å². The highest BCUT2D eigenvalue weighted by Gasteiger charge is 2.54. The molecular weight excluding hydrogens is 328 g/mol. The second kappa shape index (κ2) is 6.60. The van der Waals surface area contributed by atoms with Gasteiger partial charge in [-0.3, -0.25) is 9.59 Å². The summed E-state index contributed by atoms with van der Waals surface area (Å²) in [6.07, 6.45) is 6.95. The summed E-state index contributed by atoms with van der Waals surface area (Å²) < 4.78 is 5.29. The van der Waals surface area contributed by atoms with Crippen LogP contribution in [0.3, 0.4) is 0 Å². The van der Waals surface area contributed by atoms with Crippen molar-refractivity contribution < 1.29 is 14.3 Å². The molecule has 4 aliphatic rings. The monoisotopic (exact) mass is 356 g/mol. The fourth-order valence-electron chi connectivity index (χ4n) is 5.85. The van der Waals surface area contributed by atoms with E-state index in [2.05, 4.69) is 10.6 Å². The molecule has 0 atom stereocenters. The van der Waals surface area contributed by atoms with Gasteiger partial charge in [-0.05, 0) is 80.9 Å². The molecule has 0 radical (unpaired) electrons. The molecule has 0 spiro atoms. The molecule has 0 unspecified atom stereocenters. The van der Waals surface area contributed by atoms with Crippen LogP contribution in [-0.4, -0.2) is 25.5 Å². The van der Waals surface area contributed by atoms with Gasteiger partial charge in [0.05, 0.1) is 19.3 Å². The van der Waals surface area contributed by atoms with E-state index in [-0.39, 0.29) is 23.8 Å². The maximum absolute atomic E-state index is 12.9. The molecule has 4 fully saturated rings. The van der Waals surface area contributed by atoms with Gasteiger partial charge in [-0.15, -0.1) is 0 Å². The molecule has 0 aliphatic heterocycles. The highest BCUT2D eigenvalue weighted by molar-refractivity contribution is 5.96. The zero-order valence-corrected chi connectivity index (χ0v) is 15.6. The zero-order valence-electron chi connectivity index (χ0n) is 15.6. The Kier molecular flexibility index (Phi) is 4.41. The normalized spacial score (nSPS) is 31.5. The quantitative estimate of drug-likeness (QED) is 0.851. The number of hydrogen-bond donors (Lipinski definition) is 2. The predicted octanol–water partition coefficient (Wildman–Crippen LogP) is 3.27. The lowest BCUT2D eigenvalue weighted by atomic mass is 9.49. The molecule has 4 bridgehead atoms. The molecule has 2 N–H and O–H groups in total. The third-order valence-corrected chi connectivity index (χ3v) is 6.56. The summed E-state index contributed by atoms with van der Waals surface area (Å²) in [6, 6.07) is 5.64. The molecule has 0 aromatic heterocycles. The maximum Gasteiger partial charge on any atom is 0.243 e. The Morgan fingerprint density at radius 1 is 1.12 bits per heavy atom. The van der Waals surface area contributed by atoms with Crippen LogP contribution in [0.2, 0.25) is 0 Å². The third kappa shape index (κ3) is 3.19. The number of ether oxygens (including phenoxy) is 1. The summed E-state index contributed by atoms with van der Waals surface area (Å²) in [4.78, 5) is 25.3. The second-order valence-corrected chi connectivity index (χ2v) is 8.63. The van der Waals surface area contributed by atoms with Crippen molar-refractivity contribution in [1.29, 1.82) is 0 Å². The van der Waals surface area contributed by atoms with Crippen LogP contribution in [0.4, 0.5) is 5.69 Å². The van der Waals surface area contributed by atoms with E-state index in [9.17, 15) is 9.59 Å². The number of amides is 2. The number of carbonyl (C=O) groups is 2. The van der Waals surface area contributed by atoms with Crippen molar-refractivity contribution in [2.45, 2.75) is 45.4 Å². The van der Waals surface area contributed by atoms with Gasteiger partial charge in [0.2, 0.25) is 11.8 Å². The van der Waals surface area contributed by atoms with Gasteiger partial charge in [-0.1, -0.05) is 6.07 Å². The van der Waals surface area contributed by atoms with Crippen LogP contribution < -0.4 is 15.4 Å². The van der Waals surface area contributed by atoms with Crippen LogP contribution in [0.25, 0.3) is 0 Å². The van der Waals surface area contributed by atoms with Gasteiger partial charge in [-0.25, -0.2) is 0 Å². The van der Waals surface area contributed by atoms with Gasteiger partial charge < -0.3 is 15.4 Å². The van der Waals surface area contributed by atoms with E-state index < -0.39 is 0 Å². The first-order valence-electron chi connectivity index (χ1n) is 9.70. The molecule has 1 aromatic carbocycles. The first-order valence-corrected chi connectivity index (χ1v) is 9.70. The summed E-state index contributed by atoms with van der Waals surface area (Å²) >= 11 is 0. The molecule has 0 heterocycles. The van der Waals surface area contributed by atoms with Gasteiger partial charge in [0.1, 0.15) is 5.75 Å². The minimum absolute atomic E-state index is 0.0116. The zero-order chi connectivity index (χ0) is 18.3. The summed E-state index contributed by atoms with van der Waals surface area (Å²) in [7, 11) is 1.58. The fraction of sp³-hybridized carbons (Fsp3) is 0.619. The number of rotatable bonds is 5. The summed E-state index contributed by atoms with van der Waals surface area (Å²) in [5, 5.41) is 5.77. The molecule has 1 aromatic rings. The molecule has 4 aliphatic carbocycles. The van der Waals surface area contributed by atoms with Crippen molar-refractivity contribution in [3.63, 3.8) is 0 Å². The molecular formula is C21H28N2O3. The second-order valence-electron chi connectivity index (χ2n) is 8.63. The van der Waals surface area contributed by atoms with Gasteiger partial charge in [0.25, 0.3) is 0 Å². The predicted molar refractivity (Wildman–Crippen MR) is 100.0 cm³/mol. The highest BCUT2D eigenvalue weighted by atomic mass is 16.5. The SMILES string of the molecule is COc1ccc(C)cc1NC(=O)CNC(=O)C12CC3CC(CC(C3)C1)C2. The van der Waals surface area contributed by atoms with E-state index in [1.54, 1.807) is 7.11 Å². The standard InChI is InChI=1S/C21H28N2O3/c1-13-3-4-18(26-2)17(5-13)23-19(24)12-22-20(25)21-9-14-6-15(10-21)8-16(7-14)11-21/h3-5,14-16H,6-12H2,1-2H3,(H,22,25)(H,23,24). The van der Waals surface area contributed by atoms with Crippen LogP contribution in [0.5, 0.6) is 5.75 Å². The third-order valence-electron chi connectivity index (χ3n) is 6.56. The largest absolute Gasteiger partial charge is 0.495 e. The number of anilines is 1. The number of nitrogens with one attached hydrogen (secondary N) is 2. The van der Waals surface area contributed by atoms with Crippen molar-refractivity contribution in [2.75, 3.05) is 19.0 Å². The van der Waals surface area contributed by atoms with Crippen molar-refractivity contribution in [3.05, 3.63) is 23.8 Å². The van der Waals surface area contributed by atoms with Crippen molar-refractivity contribution in [1.82, 2.24) is 5.32 Å². The Bertz CT molecular complexity index is 693. The molecule has 2 amide bonds. The maximum atomic E-state index is 12.9. The van der Waals surface area contributed by atoms with Crippen molar-refractivity contribution in [3.8, 4) is 5.75 Å². The van der Waals surface area contributed by atoms with Gasteiger partial charge >= 0.3 is 0 Å². The molecule has 140 valence electrons. The van der Waals surface area contributed by atoms with E-state index in [0.29, 0.717) is 11.4 Å².